The van der Waals surface area contributed by atoms with Crippen LogP contribution in [-0.4, -0.2) is 35.1 Å². The topological polar surface area (TPSA) is 49.4 Å². The minimum Gasteiger partial charge on any atom is -0.354 e. The molecule has 2 rings (SSSR count). The number of halogens is 1. The monoisotopic (exact) mass is 338 g/mol. The van der Waals surface area contributed by atoms with E-state index in [9.17, 15) is 14.0 Å². The van der Waals surface area contributed by atoms with Crippen molar-refractivity contribution >= 4 is 23.6 Å². The molecular formula is C17H23FN2O2S. The zero-order valence-electron chi connectivity index (χ0n) is 13.5. The van der Waals surface area contributed by atoms with Gasteiger partial charge < -0.3 is 10.2 Å². The molecule has 1 aliphatic heterocycles. The van der Waals surface area contributed by atoms with E-state index < -0.39 is 6.04 Å². The van der Waals surface area contributed by atoms with Gasteiger partial charge >= 0.3 is 0 Å². The Morgan fingerprint density at radius 2 is 2.17 bits per heavy atom. The van der Waals surface area contributed by atoms with Gasteiger partial charge in [0.1, 0.15) is 17.2 Å². The van der Waals surface area contributed by atoms with Crippen molar-refractivity contribution in [2.45, 2.75) is 44.5 Å². The van der Waals surface area contributed by atoms with Crippen molar-refractivity contribution in [1.29, 1.82) is 0 Å². The van der Waals surface area contributed by atoms with Gasteiger partial charge in [0.2, 0.25) is 11.8 Å². The molecule has 1 saturated heterocycles. The molecule has 1 heterocycles. The molecule has 0 spiro atoms. The van der Waals surface area contributed by atoms with E-state index in [-0.39, 0.29) is 23.0 Å². The normalized spacial score (nSPS) is 20.6. The van der Waals surface area contributed by atoms with Crippen LogP contribution in [-0.2, 0) is 9.59 Å². The Morgan fingerprint density at radius 1 is 1.39 bits per heavy atom. The molecule has 1 aromatic carbocycles. The first-order valence-corrected chi connectivity index (χ1v) is 9.03. The van der Waals surface area contributed by atoms with E-state index in [4.69, 9.17) is 0 Å². The number of hydrogen-bond donors (Lipinski definition) is 1. The second-order valence-electron chi connectivity index (χ2n) is 5.68. The highest BCUT2D eigenvalue weighted by Gasteiger charge is 2.40. The molecule has 2 amide bonds. The van der Waals surface area contributed by atoms with E-state index in [0.717, 1.165) is 19.3 Å². The average molecular weight is 338 g/mol. The van der Waals surface area contributed by atoms with E-state index in [1.165, 1.54) is 30.8 Å². The Labute approximate surface area is 140 Å². The molecule has 0 unspecified atom stereocenters. The summed E-state index contributed by atoms with van der Waals surface area (Å²) in [6.45, 7) is 4.19. The van der Waals surface area contributed by atoms with Gasteiger partial charge in [-0.2, -0.15) is 0 Å². The molecule has 0 aliphatic carbocycles. The highest BCUT2D eigenvalue weighted by molar-refractivity contribution is 7.99. The lowest BCUT2D eigenvalue weighted by molar-refractivity contribution is -0.138. The molecule has 0 bridgehead atoms. The number of carbonyl (C=O) groups is 2. The Bertz CT molecular complexity index is 567. The molecule has 1 N–H and O–H groups in total. The van der Waals surface area contributed by atoms with Crippen LogP contribution in [0.1, 0.15) is 44.0 Å². The zero-order chi connectivity index (χ0) is 16.8. The van der Waals surface area contributed by atoms with Crippen molar-refractivity contribution in [3.8, 4) is 0 Å². The van der Waals surface area contributed by atoms with Crippen LogP contribution in [0.3, 0.4) is 0 Å². The molecule has 6 heteroatoms. The maximum absolute atomic E-state index is 13.5. The van der Waals surface area contributed by atoms with Gasteiger partial charge in [0.25, 0.3) is 0 Å². The van der Waals surface area contributed by atoms with Gasteiger partial charge in [-0.15, -0.1) is 11.8 Å². The Kier molecular flexibility index (Phi) is 6.45. The van der Waals surface area contributed by atoms with Gasteiger partial charge in [-0.25, -0.2) is 4.39 Å². The second kappa shape index (κ2) is 8.34. The SMILES string of the molecule is CCCCCNC(=O)[C@@H]1CS[C@@H](c2cccc(F)c2)N1C(C)=O. The number of amides is 2. The van der Waals surface area contributed by atoms with Crippen LogP contribution < -0.4 is 5.32 Å². The van der Waals surface area contributed by atoms with Crippen LogP contribution in [0.2, 0.25) is 0 Å². The molecule has 0 aromatic heterocycles. The number of unbranched alkanes of at least 4 members (excludes halogenated alkanes) is 2. The predicted molar refractivity (Wildman–Crippen MR) is 90.4 cm³/mol. The van der Waals surface area contributed by atoms with Crippen molar-refractivity contribution < 1.29 is 14.0 Å². The lowest BCUT2D eigenvalue weighted by Gasteiger charge is -2.28. The van der Waals surface area contributed by atoms with Gasteiger partial charge in [-0.05, 0) is 24.1 Å². The van der Waals surface area contributed by atoms with E-state index in [0.29, 0.717) is 17.9 Å². The van der Waals surface area contributed by atoms with Crippen LogP contribution in [0.4, 0.5) is 4.39 Å². The quantitative estimate of drug-likeness (QED) is 0.811. The van der Waals surface area contributed by atoms with Gasteiger partial charge in [0.05, 0.1) is 0 Å². The summed E-state index contributed by atoms with van der Waals surface area (Å²) in [5, 5.41) is 2.60. The summed E-state index contributed by atoms with van der Waals surface area (Å²) in [5.41, 5.74) is 0.714. The zero-order valence-corrected chi connectivity index (χ0v) is 14.4. The highest BCUT2D eigenvalue weighted by Crippen LogP contribution is 2.41. The van der Waals surface area contributed by atoms with Crippen molar-refractivity contribution in [1.82, 2.24) is 10.2 Å². The number of rotatable bonds is 6. The first-order chi connectivity index (χ1) is 11.0. The highest BCUT2D eigenvalue weighted by atomic mass is 32.2. The number of nitrogens with zero attached hydrogens (tertiary/aromatic N) is 1. The minimum atomic E-state index is -0.493. The molecule has 4 nitrogen and oxygen atoms in total. The number of nitrogens with one attached hydrogen (secondary N) is 1. The average Bonchev–Trinajstić information content (AvgIpc) is 2.96. The van der Waals surface area contributed by atoms with Crippen LogP contribution >= 0.6 is 11.8 Å². The van der Waals surface area contributed by atoms with Crippen molar-refractivity contribution in [3.63, 3.8) is 0 Å². The van der Waals surface area contributed by atoms with Gasteiger partial charge in [0, 0.05) is 19.2 Å². The summed E-state index contributed by atoms with van der Waals surface area (Å²) in [5.74, 6) is -0.0971. The molecule has 0 radical (unpaired) electrons. The smallest absolute Gasteiger partial charge is 0.243 e. The lowest BCUT2D eigenvalue weighted by Crippen LogP contribution is -2.47. The van der Waals surface area contributed by atoms with Gasteiger partial charge in [0.15, 0.2) is 0 Å². The third-order valence-electron chi connectivity index (χ3n) is 3.88. The molecule has 1 fully saturated rings. The van der Waals surface area contributed by atoms with Crippen LogP contribution in [0.25, 0.3) is 0 Å². The molecule has 1 aliphatic rings. The summed E-state index contributed by atoms with van der Waals surface area (Å²) in [7, 11) is 0. The Hall–Kier alpha value is -1.56. The van der Waals surface area contributed by atoms with Gasteiger partial charge in [-0.1, -0.05) is 31.9 Å². The lowest BCUT2D eigenvalue weighted by atomic mass is 10.1. The summed E-state index contributed by atoms with van der Waals surface area (Å²) in [6, 6.07) is 5.72. The number of carbonyl (C=O) groups excluding carboxylic acids is 2. The van der Waals surface area contributed by atoms with E-state index in [1.807, 2.05) is 0 Å². The second-order valence-corrected chi connectivity index (χ2v) is 6.79. The fourth-order valence-electron chi connectivity index (χ4n) is 2.71. The largest absolute Gasteiger partial charge is 0.354 e. The summed E-state index contributed by atoms with van der Waals surface area (Å²) in [4.78, 5) is 26.0. The number of hydrogen-bond acceptors (Lipinski definition) is 3. The predicted octanol–water partition coefficient (Wildman–Crippen LogP) is 3.09. The van der Waals surface area contributed by atoms with Crippen LogP contribution in [0.15, 0.2) is 24.3 Å². The van der Waals surface area contributed by atoms with E-state index >= 15 is 0 Å². The minimum absolute atomic E-state index is 0.122. The maximum Gasteiger partial charge on any atom is 0.243 e. The molecule has 0 saturated carbocycles. The third kappa shape index (κ3) is 4.47. The molecule has 2 atom stereocenters. The van der Waals surface area contributed by atoms with Crippen molar-refractivity contribution in [3.05, 3.63) is 35.6 Å². The van der Waals surface area contributed by atoms with Crippen molar-refractivity contribution in [2.75, 3.05) is 12.3 Å². The molecule has 126 valence electrons. The first-order valence-electron chi connectivity index (χ1n) is 7.98. The van der Waals surface area contributed by atoms with E-state index in [2.05, 4.69) is 12.2 Å². The van der Waals surface area contributed by atoms with Crippen LogP contribution in [0, 0.1) is 5.82 Å². The van der Waals surface area contributed by atoms with E-state index in [1.54, 1.807) is 17.0 Å². The number of benzene rings is 1. The standard InChI is InChI=1S/C17H23FN2O2S/c1-3-4-5-9-19-16(22)15-11-23-17(20(15)12(2)21)13-7-6-8-14(18)10-13/h6-8,10,15,17H,3-5,9,11H2,1-2H3,(H,19,22)/t15-,17-/m0/s1. The van der Waals surface area contributed by atoms with Gasteiger partial charge in [-0.3, -0.25) is 9.59 Å². The first kappa shape index (κ1) is 17.8. The Morgan fingerprint density at radius 3 is 2.83 bits per heavy atom. The maximum atomic E-state index is 13.5. The fourth-order valence-corrected chi connectivity index (χ4v) is 4.19. The summed E-state index contributed by atoms with van der Waals surface area (Å²) >= 11 is 1.50. The summed E-state index contributed by atoms with van der Waals surface area (Å²) in [6.07, 6.45) is 3.11. The summed E-state index contributed by atoms with van der Waals surface area (Å²) < 4.78 is 13.5. The molecule has 23 heavy (non-hydrogen) atoms. The third-order valence-corrected chi connectivity index (χ3v) is 5.20. The molecule has 1 aromatic rings. The fraction of sp³-hybridized carbons (Fsp3) is 0.529. The Balaban J connectivity index is 2.07. The van der Waals surface area contributed by atoms with Crippen molar-refractivity contribution in [2.24, 2.45) is 0 Å². The van der Waals surface area contributed by atoms with Crippen LogP contribution in [0.5, 0.6) is 0 Å². The molecular weight excluding hydrogens is 315 g/mol. The number of thioether (sulfide) groups is 1.